The van der Waals surface area contributed by atoms with Crippen LogP contribution in [0.25, 0.3) is 0 Å². The highest BCUT2D eigenvalue weighted by molar-refractivity contribution is 9.10. The lowest BCUT2D eigenvalue weighted by molar-refractivity contribution is 0.316. The third-order valence-electron chi connectivity index (χ3n) is 3.83. The van der Waals surface area contributed by atoms with Crippen molar-refractivity contribution in [1.82, 2.24) is 5.32 Å². The zero-order valence-corrected chi connectivity index (χ0v) is 14.5. The van der Waals surface area contributed by atoms with Gasteiger partial charge in [-0.1, -0.05) is 56.0 Å². The van der Waals surface area contributed by atoms with Crippen LogP contribution in [0, 0.1) is 11.7 Å². The molecule has 0 heterocycles. The van der Waals surface area contributed by atoms with Gasteiger partial charge in [-0.25, -0.2) is 4.39 Å². The normalized spacial score (nSPS) is 14.2. The maximum atomic E-state index is 14.2. The van der Waals surface area contributed by atoms with E-state index in [1.54, 1.807) is 12.1 Å². The van der Waals surface area contributed by atoms with Crippen LogP contribution in [0.15, 0.2) is 22.7 Å². The quantitative estimate of drug-likeness (QED) is 0.593. The van der Waals surface area contributed by atoms with Crippen molar-refractivity contribution in [2.75, 3.05) is 6.54 Å². The van der Waals surface area contributed by atoms with Crippen molar-refractivity contribution < 1.29 is 4.39 Å². The van der Waals surface area contributed by atoms with Crippen LogP contribution in [0.2, 0.25) is 0 Å². The van der Waals surface area contributed by atoms with E-state index in [0.717, 1.165) is 35.8 Å². The topological polar surface area (TPSA) is 12.0 Å². The van der Waals surface area contributed by atoms with Crippen LogP contribution in [-0.4, -0.2) is 6.54 Å². The van der Waals surface area contributed by atoms with Crippen molar-refractivity contribution in [2.45, 2.75) is 58.9 Å². The van der Waals surface area contributed by atoms with Gasteiger partial charge < -0.3 is 5.32 Å². The molecule has 1 aromatic rings. The van der Waals surface area contributed by atoms with E-state index in [0.29, 0.717) is 5.92 Å². The van der Waals surface area contributed by atoms with Gasteiger partial charge in [0, 0.05) is 16.1 Å². The molecule has 3 heteroatoms. The maximum absolute atomic E-state index is 14.2. The van der Waals surface area contributed by atoms with E-state index in [9.17, 15) is 4.39 Å². The molecule has 0 spiro atoms. The summed E-state index contributed by atoms with van der Waals surface area (Å²) in [5.41, 5.74) is 0.802. The zero-order valence-electron chi connectivity index (χ0n) is 12.9. The number of hydrogen-bond donors (Lipinski definition) is 1. The molecule has 0 saturated heterocycles. The largest absolute Gasteiger partial charge is 0.310 e. The minimum Gasteiger partial charge on any atom is -0.310 e. The Morgan fingerprint density at radius 2 is 1.95 bits per heavy atom. The molecule has 1 aromatic carbocycles. The third-order valence-corrected chi connectivity index (χ3v) is 4.32. The molecule has 0 aliphatic carbocycles. The first-order chi connectivity index (χ1) is 9.63. The molecule has 0 aliphatic heterocycles. The van der Waals surface area contributed by atoms with Crippen LogP contribution in [0.1, 0.15) is 64.5 Å². The fraction of sp³-hybridized carbons (Fsp3) is 0.647. The molecule has 0 amide bonds. The summed E-state index contributed by atoms with van der Waals surface area (Å²) in [6, 6.07) is 5.37. The second kappa shape index (κ2) is 9.51. The van der Waals surface area contributed by atoms with Gasteiger partial charge in [0.1, 0.15) is 5.82 Å². The molecule has 0 radical (unpaired) electrons. The maximum Gasteiger partial charge on any atom is 0.128 e. The summed E-state index contributed by atoms with van der Waals surface area (Å²) < 4.78 is 15.2. The molecule has 0 bridgehead atoms. The zero-order chi connectivity index (χ0) is 15.0. The first-order valence-electron chi connectivity index (χ1n) is 7.82. The molecule has 0 aliphatic rings. The summed E-state index contributed by atoms with van der Waals surface area (Å²) in [4.78, 5) is 0. The Kier molecular flexibility index (Phi) is 8.39. The number of benzene rings is 1. The lowest BCUT2D eigenvalue weighted by Crippen LogP contribution is -2.29. The molecular formula is C17H27BrFN. The van der Waals surface area contributed by atoms with E-state index in [1.165, 1.54) is 12.8 Å². The second-order valence-corrected chi connectivity index (χ2v) is 6.32. The Balaban J connectivity index is 2.99. The highest BCUT2D eigenvalue weighted by atomic mass is 79.9. The van der Waals surface area contributed by atoms with E-state index >= 15 is 0 Å². The van der Waals surface area contributed by atoms with Gasteiger partial charge in [0.25, 0.3) is 0 Å². The van der Waals surface area contributed by atoms with Crippen molar-refractivity contribution in [3.63, 3.8) is 0 Å². The van der Waals surface area contributed by atoms with Gasteiger partial charge in [-0.15, -0.1) is 0 Å². The molecule has 114 valence electrons. The number of halogens is 2. The predicted octanol–water partition coefficient (Wildman–Crippen LogP) is 5.85. The molecule has 2 unspecified atom stereocenters. The van der Waals surface area contributed by atoms with E-state index in [2.05, 4.69) is 42.0 Å². The molecule has 1 nitrogen and oxygen atoms in total. The first-order valence-corrected chi connectivity index (χ1v) is 8.61. The van der Waals surface area contributed by atoms with Crippen LogP contribution in [0.3, 0.4) is 0 Å². The summed E-state index contributed by atoms with van der Waals surface area (Å²) >= 11 is 3.46. The molecule has 0 saturated carbocycles. The molecule has 20 heavy (non-hydrogen) atoms. The Hall–Kier alpha value is -0.410. The Morgan fingerprint density at radius 3 is 2.55 bits per heavy atom. The summed E-state index contributed by atoms with van der Waals surface area (Å²) in [7, 11) is 0. The number of nitrogens with one attached hydrogen (secondary N) is 1. The number of unbranched alkanes of at least 4 members (excludes halogenated alkanes) is 1. The summed E-state index contributed by atoms with van der Waals surface area (Å²) in [6.07, 6.45) is 5.69. The van der Waals surface area contributed by atoms with E-state index in [1.807, 2.05) is 6.07 Å². The minimum absolute atomic E-state index is 0.100. The summed E-state index contributed by atoms with van der Waals surface area (Å²) in [6.45, 7) is 7.49. The van der Waals surface area contributed by atoms with Gasteiger partial charge in [-0.2, -0.15) is 0 Å². The fourth-order valence-electron chi connectivity index (χ4n) is 2.66. The van der Waals surface area contributed by atoms with Crippen molar-refractivity contribution in [3.8, 4) is 0 Å². The monoisotopic (exact) mass is 343 g/mol. The molecule has 1 N–H and O–H groups in total. The van der Waals surface area contributed by atoms with E-state index < -0.39 is 0 Å². The van der Waals surface area contributed by atoms with Crippen LogP contribution < -0.4 is 5.32 Å². The Bertz CT molecular complexity index is 395. The second-order valence-electron chi connectivity index (χ2n) is 5.41. The van der Waals surface area contributed by atoms with Crippen molar-refractivity contribution >= 4 is 15.9 Å². The van der Waals surface area contributed by atoms with Crippen LogP contribution in [0.5, 0.6) is 0 Å². The highest BCUT2D eigenvalue weighted by Crippen LogP contribution is 2.32. The van der Waals surface area contributed by atoms with Crippen molar-refractivity contribution in [1.29, 1.82) is 0 Å². The van der Waals surface area contributed by atoms with Gasteiger partial charge in [0.05, 0.1) is 0 Å². The predicted molar refractivity (Wildman–Crippen MR) is 88.4 cm³/mol. The highest BCUT2D eigenvalue weighted by Gasteiger charge is 2.23. The van der Waals surface area contributed by atoms with E-state index in [4.69, 9.17) is 0 Å². The fourth-order valence-corrected chi connectivity index (χ4v) is 3.03. The molecule has 0 aromatic heterocycles. The molecule has 1 rings (SSSR count). The SMILES string of the molecule is CCCCC(CC)C(NCCC)c1cc(Br)ccc1F. The summed E-state index contributed by atoms with van der Waals surface area (Å²) in [5.74, 6) is 0.391. The van der Waals surface area contributed by atoms with Crippen LogP contribution in [0.4, 0.5) is 4.39 Å². The lowest BCUT2D eigenvalue weighted by Gasteiger charge is -2.28. The van der Waals surface area contributed by atoms with Gasteiger partial charge in [-0.3, -0.25) is 0 Å². The molecule has 2 atom stereocenters. The smallest absolute Gasteiger partial charge is 0.128 e. The van der Waals surface area contributed by atoms with Gasteiger partial charge >= 0.3 is 0 Å². The van der Waals surface area contributed by atoms with Gasteiger partial charge in [0.2, 0.25) is 0 Å². The van der Waals surface area contributed by atoms with Crippen molar-refractivity contribution in [2.24, 2.45) is 5.92 Å². The number of hydrogen-bond acceptors (Lipinski definition) is 1. The Morgan fingerprint density at radius 1 is 1.20 bits per heavy atom. The minimum atomic E-state index is -0.100. The van der Waals surface area contributed by atoms with Crippen molar-refractivity contribution in [3.05, 3.63) is 34.1 Å². The van der Waals surface area contributed by atoms with Crippen LogP contribution >= 0.6 is 15.9 Å². The standard InChI is InChI=1S/C17H27BrFN/c1-4-7-8-13(6-3)17(20-11-5-2)15-12-14(18)9-10-16(15)19/h9-10,12-13,17,20H,4-8,11H2,1-3H3. The third kappa shape index (κ3) is 5.17. The average molecular weight is 344 g/mol. The number of rotatable bonds is 9. The lowest BCUT2D eigenvalue weighted by atomic mass is 9.86. The molecular weight excluding hydrogens is 317 g/mol. The summed E-state index contributed by atoms with van der Waals surface area (Å²) in [5, 5.41) is 3.55. The van der Waals surface area contributed by atoms with Gasteiger partial charge in [0.15, 0.2) is 0 Å². The first kappa shape index (κ1) is 17.6. The van der Waals surface area contributed by atoms with Crippen LogP contribution in [-0.2, 0) is 0 Å². The Labute approximate surface area is 131 Å². The van der Waals surface area contributed by atoms with Gasteiger partial charge in [-0.05, 0) is 43.5 Å². The average Bonchev–Trinajstić information content (AvgIpc) is 2.45. The van der Waals surface area contributed by atoms with E-state index in [-0.39, 0.29) is 11.9 Å². The molecule has 0 fully saturated rings.